The van der Waals surface area contributed by atoms with Gasteiger partial charge in [0.15, 0.2) is 0 Å². The molecule has 0 aliphatic heterocycles. The molecule has 2 rings (SSSR count). The second-order valence-corrected chi connectivity index (χ2v) is 4.47. The minimum Gasteiger partial charge on any atom is -0.380 e. The number of nitrogens with zero attached hydrogens (tertiary/aromatic N) is 2. The molecule has 0 fully saturated rings. The summed E-state index contributed by atoms with van der Waals surface area (Å²) in [7, 11) is 0. The van der Waals surface area contributed by atoms with E-state index in [9.17, 15) is 10.1 Å². The number of non-ortho nitro benzene ring substituents is 1. The van der Waals surface area contributed by atoms with Crippen LogP contribution in [0.15, 0.2) is 42.5 Å². The van der Waals surface area contributed by atoms with E-state index >= 15 is 0 Å². The van der Waals surface area contributed by atoms with Gasteiger partial charge in [-0.25, -0.2) is 0 Å². The molecular formula is C15H14N4O2. The molecule has 0 saturated carbocycles. The third-order valence-corrected chi connectivity index (χ3v) is 3.08. The summed E-state index contributed by atoms with van der Waals surface area (Å²) in [4.78, 5) is 10.2. The minimum atomic E-state index is -0.518. The van der Waals surface area contributed by atoms with Gasteiger partial charge in [-0.2, -0.15) is 5.26 Å². The summed E-state index contributed by atoms with van der Waals surface area (Å²) in [5.41, 5.74) is 8.35. The van der Waals surface area contributed by atoms with Crippen molar-refractivity contribution in [2.75, 3.05) is 5.32 Å². The van der Waals surface area contributed by atoms with Crippen LogP contribution in [0.5, 0.6) is 0 Å². The van der Waals surface area contributed by atoms with E-state index in [2.05, 4.69) is 5.32 Å². The Hall–Kier alpha value is -2.91. The number of rotatable bonds is 5. The highest BCUT2D eigenvalue weighted by atomic mass is 16.6. The Kier molecular flexibility index (Phi) is 4.49. The molecule has 0 atom stereocenters. The normalized spacial score (nSPS) is 9.90. The lowest BCUT2D eigenvalue weighted by atomic mass is 10.1. The Morgan fingerprint density at radius 1 is 1.19 bits per heavy atom. The zero-order chi connectivity index (χ0) is 15.2. The van der Waals surface area contributed by atoms with Gasteiger partial charge in [-0.3, -0.25) is 10.1 Å². The fraction of sp³-hybridized carbons (Fsp3) is 0.133. The Morgan fingerprint density at radius 3 is 2.43 bits per heavy atom. The smallest absolute Gasteiger partial charge is 0.270 e. The summed E-state index contributed by atoms with van der Waals surface area (Å²) in [6, 6.07) is 13.9. The summed E-state index contributed by atoms with van der Waals surface area (Å²) in [6.07, 6.45) is 0. The van der Waals surface area contributed by atoms with Gasteiger partial charge < -0.3 is 11.1 Å². The number of nitro groups is 1. The third-order valence-electron chi connectivity index (χ3n) is 3.08. The predicted molar refractivity (Wildman–Crippen MR) is 79.5 cm³/mol. The average Bonchev–Trinajstić information content (AvgIpc) is 2.53. The summed E-state index contributed by atoms with van der Waals surface area (Å²) in [5, 5.41) is 22.9. The zero-order valence-electron chi connectivity index (χ0n) is 11.2. The van der Waals surface area contributed by atoms with E-state index in [1.807, 2.05) is 30.3 Å². The lowest BCUT2D eigenvalue weighted by Crippen LogP contribution is -2.03. The standard InChI is InChI=1S/C15H14N4O2/c16-8-11-1-3-12(4-2-11)10-18-15-6-5-14(19(20)21)7-13(15)9-17/h1-7,18H,8,10,16H2. The molecule has 2 aromatic rings. The van der Waals surface area contributed by atoms with Crippen LogP contribution in [0.4, 0.5) is 11.4 Å². The van der Waals surface area contributed by atoms with Crippen molar-refractivity contribution in [2.45, 2.75) is 13.1 Å². The van der Waals surface area contributed by atoms with Crippen LogP contribution in [0.25, 0.3) is 0 Å². The van der Waals surface area contributed by atoms with Crippen LogP contribution in [0.2, 0.25) is 0 Å². The molecule has 0 spiro atoms. The maximum absolute atomic E-state index is 10.7. The van der Waals surface area contributed by atoms with Gasteiger partial charge in [-0.15, -0.1) is 0 Å². The van der Waals surface area contributed by atoms with Crippen LogP contribution in [0.1, 0.15) is 16.7 Å². The maximum Gasteiger partial charge on any atom is 0.270 e. The van der Waals surface area contributed by atoms with Crippen molar-refractivity contribution in [1.82, 2.24) is 0 Å². The SMILES string of the molecule is N#Cc1cc([N+](=O)[O-])ccc1NCc1ccc(CN)cc1. The second kappa shape index (κ2) is 6.50. The van der Waals surface area contributed by atoms with Crippen LogP contribution in [0.3, 0.4) is 0 Å². The largest absolute Gasteiger partial charge is 0.380 e. The van der Waals surface area contributed by atoms with E-state index in [1.54, 1.807) is 6.07 Å². The van der Waals surface area contributed by atoms with Crippen molar-refractivity contribution in [3.63, 3.8) is 0 Å². The van der Waals surface area contributed by atoms with E-state index in [1.165, 1.54) is 12.1 Å². The Labute approximate surface area is 122 Å². The molecule has 106 valence electrons. The van der Waals surface area contributed by atoms with Crippen molar-refractivity contribution < 1.29 is 4.92 Å². The summed E-state index contributed by atoms with van der Waals surface area (Å²) < 4.78 is 0. The van der Waals surface area contributed by atoms with Gasteiger partial charge in [0.25, 0.3) is 5.69 Å². The molecule has 0 aliphatic rings. The fourth-order valence-electron chi connectivity index (χ4n) is 1.88. The van der Waals surface area contributed by atoms with Crippen molar-refractivity contribution in [1.29, 1.82) is 5.26 Å². The molecule has 6 nitrogen and oxygen atoms in total. The van der Waals surface area contributed by atoms with Gasteiger partial charge >= 0.3 is 0 Å². The number of anilines is 1. The number of nitro benzene ring substituents is 1. The zero-order valence-corrected chi connectivity index (χ0v) is 11.2. The highest BCUT2D eigenvalue weighted by molar-refractivity contribution is 5.61. The molecular weight excluding hydrogens is 268 g/mol. The molecule has 0 radical (unpaired) electrons. The van der Waals surface area contributed by atoms with Gasteiger partial charge in [-0.1, -0.05) is 24.3 Å². The molecule has 3 N–H and O–H groups in total. The quantitative estimate of drug-likeness (QED) is 0.647. The topological polar surface area (TPSA) is 105 Å². The lowest BCUT2D eigenvalue weighted by Gasteiger charge is -2.08. The van der Waals surface area contributed by atoms with Crippen molar-refractivity contribution in [2.24, 2.45) is 5.73 Å². The van der Waals surface area contributed by atoms with Gasteiger partial charge in [0.1, 0.15) is 6.07 Å². The number of nitrogens with one attached hydrogen (secondary N) is 1. The molecule has 21 heavy (non-hydrogen) atoms. The van der Waals surface area contributed by atoms with Gasteiger partial charge in [-0.05, 0) is 17.2 Å². The van der Waals surface area contributed by atoms with Crippen LogP contribution in [-0.2, 0) is 13.1 Å². The van der Waals surface area contributed by atoms with Gasteiger partial charge in [0.05, 0.1) is 16.2 Å². The van der Waals surface area contributed by atoms with E-state index < -0.39 is 4.92 Å². The average molecular weight is 282 g/mol. The van der Waals surface area contributed by atoms with Crippen LogP contribution < -0.4 is 11.1 Å². The highest BCUT2D eigenvalue weighted by Gasteiger charge is 2.10. The number of benzene rings is 2. The monoisotopic (exact) mass is 282 g/mol. The van der Waals surface area contributed by atoms with E-state index in [-0.39, 0.29) is 11.3 Å². The second-order valence-electron chi connectivity index (χ2n) is 4.47. The predicted octanol–water partition coefficient (Wildman–Crippen LogP) is 2.54. The first-order valence-corrected chi connectivity index (χ1v) is 6.34. The molecule has 0 saturated heterocycles. The van der Waals surface area contributed by atoms with E-state index in [0.717, 1.165) is 11.1 Å². The fourth-order valence-corrected chi connectivity index (χ4v) is 1.88. The molecule has 0 heterocycles. The van der Waals surface area contributed by atoms with Crippen LogP contribution >= 0.6 is 0 Å². The first-order chi connectivity index (χ1) is 10.1. The number of nitrogens with two attached hydrogens (primary N) is 1. The molecule has 0 aromatic heterocycles. The van der Waals surface area contributed by atoms with E-state index in [4.69, 9.17) is 11.0 Å². The highest BCUT2D eigenvalue weighted by Crippen LogP contribution is 2.22. The molecule has 0 bridgehead atoms. The summed E-state index contributed by atoms with van der Waals surface area (Å²) in [6.45, 7) is 1.02. The molecule has 0 aliphatic carbocycles. The lowest BCUT2D eigenvalue weighted by molar-refractivity contribution is -0.384. The van der Waals surface area contributed by atoms with Crippen LogP contribution in [-0.4, -0.2) is 4.92 Å². The summed E-state index contributed by atoms with van der Waals surface area (Å²) in [5.74, 6) is 0. The first kappa shape index (κ1) is 14.5. The van der Waals surface area contributed by atoms with Gasteiger partial charge in [0.2, 0.25) is 0 Å². The molecule has 0 amide bonds. The van der Waals surface area contributed by atoms with Crippen molar-refractivity contribution in [3.05, 3.63) is 69.3 Å². The first-order valence-electron chi connectivity index (χ1n) is 6.34. The minimum absolute atomic E-state index is 0.0931. The molecule has 6 heteroatoms. The Bertz CT molecular complexity index is 690. The molecule has 2 aromatic carbocycles. The van der Waals surface area contributed by atoms with Crippen molar-refractivity contribution >= 4 is 11.4 Å². The van der Waals surface area contributed by atoms with Crippen molar-refractivity contribution in [3.8, 4) is 6.07 Å². The summed E-state index contributed by atoms with van der Waals surface area (Å²) >= 11 is 0. The number of hydrogen-bond donors (Lipinski definition) is 2. The van der Waals surface area contributed by atoms with Crippen LogP contribution in [0, 0.1) is 21.4 Å². The maximum atomic E-state index is 10.7. The van der Waals surface area contributed by atoms with Gasteiger partial charge in [0, 0.05) is 25.2 Å². The van der Waals surface area contributed by atoms with E-state index in [0.29, 0.717) is 18.8 Å². The Morgan fingerprint density at radius 2 is 1.86 bits per heavy atom. The number of hydrogen-bond acceptors (Lipinski definition) is 5. The third kappa shape index (κ3) is 3.55. The molecule has 0 unspecified atom stereocenters. The Balaban J connectivity index is 2.12. The number of nitriles is 1.